The molecule has 178 valence electrons. The van der Waals surface area contributed by atoms with E-state index in [4.69, 9.17) is 19.5 Å². The Hall–Kier alpha value is -2.40. The maximum Gasteiger partial charge on any atom is 0.356 e. The summed E-state index contributed by atoms with van der Waals surface area (Å²) in [5, 5.41) is 22.4. The Bertz CT molecular complexity index is 1130. The molecule has 1 aliphatic carbocycles. The number of rotatable bonds is 9. The second-order valence-electron chi connectivity index (χ2n) is 7.77. The normalized spacial score (nSPS) is 25.6. The summed E-state index contributed by atoms with van der Waals surface area (Å²) in [6, 6.07) is 8.36. The first-order valence-electron chi connectivity index (χ1n) is 10.7. The van der Waals surface area contributed by atoms with E-state index < -0.39 is 31.4 Å². The van der Waals surface area contributed by atoms with E-state index in [9.17, 15) is 14.8 Å². The van der Waals surface area contributed by atoms with Crippen molar-refractivity contribution in [3.63, 3.8) is 0 Å². The van der Waals surface area contributed by atoms with Gasteiger partial charge >= 0.3 is 7.60 Å². The molecule has 4 N–H and O–H groups in total. The van der Waals surface area contributed by atoms with Crippen LogP contribution in [0.25, 0.3) is 11.2 Å². The highest BCUT2D eigenvalue weighted by Crippen LogP contribution is 2.54. The third kappa shape index (κ3) is 4.28. The van der Waals surface area contributed by atoms with E-state index in [-0.39, 0.29) is 31.8 Å². The molecular formula is C21H28N5O6P. The largest absolute Gasteiger partial charge is 0.388 e. The molecule has 4 atom stereocenters. The van der Waals surface area contributed by atoms with E-state index in [0.717, 1.165) is 0 Å². The van der Waals surface area contributed by atoms with Crippen LogP contribution in [0.15, 0.2) is 43.0 Å². The van der Waals surface area contributed by atoms with Crippen molar-refractivity contribution < 1.29 is 28.6 Å². The van der Waals surface area contributed by atoms with E-state index in [1.165, 1.54) is 12.7 Å². The van der Waals surface area contributed by atoms with Crippen LogP contribution < -0.4 is 5.73 Å². The zero-order chi connectivity index (χ0) is 23.6. The number of benzene rings is 1. The number of imidazole rings is 1. The fourth-order valence-corrected chi connectivity index (χ4v) is 5.75. The molecule has 0 aliphatic heterocycles. The van der Waals surface area contributed by atoms with E-state index >= 15 is 0 Å². The smallest absolute Gasteiger partial charge is 0.356 e. The van der Waals surface area contributed by atoms with Crippen LogP contribution in [0.4, 0.5) is 5.82 Å². The van der Waals surface area contributed by atoms with Crippen LogP contribution in [0.2, 0.25) is 0 Å². The molecule has 2 aromatic heterocycles. The van der Waals surface area contributed by atoms with Crippen LogP contribution >= 0.6 is 7.60 Å². The minimum absolute atomic E-state index is 0.146. The average Bonchev–Trinajstić information content (AvgIpc) is 3.35. The van der Waals surface area contributed by atoms with Crippen LogP contribution in [0.3, 0.4) is 0 Å². The Kier molecular flexibility index (Phi) is 6.81. The third-order valence-electron chi connectivity index (χ3n) is 5.85. The number of hydrogen-bond acceptors (Lipinski definition) is 10. The number of fused-ring (bicyclic) bond motifs is 1. The highest BCUT2D eigenvalue weighted by atomic mass is 31.2. The van der Waals surface area contributed by atoms with Gasteiger partial charge in [-0.3, -0.25) is 4.57 Å². The van der Waals surface area contributed by atoms with Crippen molar-refractivity contribution in [3.8, 4) is 0 Å². The second-order valence-corrected chi connectivity index (χ2v) is 9.76. The van der Waals surface area contributed by atoms with Crippen LogP contribution in [0.5, 0.6) is 0 Å². The first-order valence-corrected chi connectivity index (χ1v) is 12.4. The third-order valence-corrected chi connectivity index (χ3v) is 7.59. The standard InChI is InChI=1S/C21H28N5O6P/c1-3-31-33(29,32-4-2)13-30-21(14-8-6-5-7-9-14)10-15(17(27)18(21)28)26-12-25-16-19(22)23-11-24-20(16)26/h5-9,11-12,15,17-18,27-28H,3-4,10,13H2,1-2H3,(H2,22,23,24)/t15-,17+,18+,21-/m1/s1. The average molecular weight is 477 g/mol. The Morgan fingerprint density at radius 1 is 1.15 bits per heavy atom. The van der Waals surface area contributed by atoms with Crippen molar-refractivity contribution in [2.24, 2.45) is 0 Å². The Balaban J connectivity index is 1.74. The van der Waals surface area contributed by atoms with E-state index in [0.29, 0.717) is 16.7 Å². The van der Waals surface area contributed by atoms with Gasteiger partial charge in [-0.1, -0.05) is 30.3 Å². The molecule has 1 saturated carbocycles. The number of aliphatic hydroxyl groups excluding tert-OH is 2. The summed E-state index contributed by atoms with van der Waals surface area (Å²) >= 11 is 0. The van der Waals surface area contributed by atoms with Crippen LogP contribution in [0, 0.1) is 0 Å². The van der Waals surface area contributed by atoms with Gasteiger partial charge in [-0.2, -0.15) is 0 Å². The number of nitrogen functional groups attached to an aromatic ring is 1. The molecule has 0 amide bonds. The fourth-order valence-electron chi connectivity index (χ4n) is 4.35. The van der Waals surface area contributed by atoms with Crippen molar-refractivity contribution in [2.45, 2.75) is 44.1 Å². The van der Waals surface area contributed by atoms with E-state index in [2.05, 4.69) is 15.0 Å². The summed E-state index contributed by atoms with van der Waals surface area (Å²) in [4.78, 5) is 12.5. The number of aromatic nitrogens is 4. The van der Waals surface area contributed by atoms with Crippen LogP contribution in [-0.2, 0) is 24.0 Å². The molecule has 1 aromatic carbocycles. The molecule has 33 heavy (non-hydrogen) atoms. The van der Waals surface area contributed by atoms with Gasteiger partial charge in [0.15, 0.2) is 11.5 Å². The zero-order valence-electron chi connectivity index (χ0n) is 18.4. The van der Waals surface area contributed by atoms with Gasteiger partial charge < -0.3 is 34.3 Å². The lowest BCUT2D eigenvalue weighted by molar-refractivity contribution is -0.124. The SMILES string of the molecule is CCOP(=O)(CO[C@@]1(c2ccccc2)C[C@@H](n2cnc3c(N)ncnc32)[C@H](O)[C@@H]1O)OCC. The summed E-state index contributed by atoms with van der Waals surface area (Å²) in [5.41, 5.74) is 5.97. The molecule has 0 bridgehead atoms. The lowest BCUT2D eigenvalue weighted by Gasteiger charge is -2.34. The van der Waals surface area contributed by atoms with Crippen molar-refractivity contribution in [3.05, 3.63) is 48.5 Å². The number of nitrogens with two attached hydrogens (primary N) is 1. The molecule has 0 unspecified atom stereocenters. The Morgan fingerprint density at radius 2 is 1.85 bits per heavy atom. The van der Waals surface area contributed by atoms with E-state index in [1.807, 2.05) is 6.07 Å². The summed E-state index contributed by atoms with van der Waals surface area (Å²) in [6.45, 7) is 3.77. The van der Waals surface area contributed by atoms with Gasteiger partial charge in [-0.15, -0.1) is 0 Å². The molecule has 1 fully saturated rings. The van der Waals surface area contributed by atoms with Gasteiger partial charge in [0.25, 0.3) is 0 Å². The number of hydrogen-bond donors (Lipinski definition) is 3. The number of anilines is 1. The van der Waals surface area contributed by atoms with Crippen molar-refractivity contribution >= 4 is 24.6 Å². The van der Waals surface area contributed by atoms with Gasteiger partial charge in [0, 0.05) is 6.42 Å². The lowest BCUT2D eigenvalue weighted by Crippen LogP contribution is -2.42. The first-order chi connectivity index (χ1) is 15.8. The fraction of sp³-hybridized carbons (Fsp3) is 0.476. The summed E-state index contributed by atoms with van der Waals surface area (Å²) in [5.74, 6) is 0.215. The zero-order valence-corrected chi connectivity index (χ0v) is 19.3. The lowest BCUT2D eigenvalue weighted by atomic mass is 9.89. The molecule has 1 aliphatic rings. The predicted octanol–water partition coefficient (Wildman–Crippen LogP) is 2.21. The van der Waals surface area contributed by atoms with E-state index in [1.54, 1.807) is 42.7 Å². The number of aliphatic hydroxyl groups is 2. The monoisotopic (exact) mass is 477 g/mol. The van der Waals surface area contributed by atoms with Crippen LogP contribution in [0.1, 0.15) is 31.9 Å². The maximum absolute atomic E-state index is 13.1. The molecule has 11 nitrogen and oxygen atoms in total. The van der Waals surface area contributed by atoms with Crippen molar-refractivity contribution in [2.75, 3.05) is 25.3 Å². The summed E-state index contributed by atoms with van der Waals surface area (Å²) in [7, 11) is -3.58. The van der Waals surface area contributed by atoms with Crippen molar-refractivity contribution in [1.82, 2.24) is 19.5 Å². The minimum Gasteiger partial charge on any atom is -0.388 e. The first kappa shape index (κ1) is 23.7. The molecule has 0 spiro atoms. The quantitative estimate of drug-likeness (QED) is 0.391. The molecular weight excluding hydrogens is 449 g/mol. The molecule has 0 radical (unpaired) electrons. The van der Waals surface area contributed by atoms with Gasteiger partial charge in [-0.25, -0.2) is 15.0 Å². The minimum atomic E-state index is -3.58. The van der Waals surface area contributed by atoms with Gasteiger partial charge in [0.2, 0.25) is 0 Å². The molecule has 4 rings (SSSR count). The van der Waals surface area contributed by atoms with Gasteiger partial charge in [-0.05, 0) is 19.4 Å². The van der Waals surface area contributed by atoms with Gasteiger partial charge in [0.05, 0.1) is 25.6 Å². The second kappa shape index (κ2) is 9.46. The van der Waals surface area contributed by atoms with Crippen LogP contribution in [-0.4, -0.2) is 61.5 Å². The highest BCUT2D eigenvalue weighted by Gasteiger charge is 2.56. The Labute approximate surface area is 191 Å². The summed E-state index contributed by atoms with van der Waals surface area (Å²) in [6.07, 6.45) is -0.0135. The predicted molar refractivity (Wildman–Crippen MR) is 120 cm³/mol. The molecule has 3 aromatic rings. The topological polar surface area (TPSA) is 155 Å². The number of ether oxygens (including phenoxy) is 1. The Morgan fingerprint density at radius 3 is 2.52 bits per heavy atom. The number of nitrogens with zero attached hydrogens (tertiary/aromatic N) is 4. The molecule has 12 heteroatoms. The highest BCUT2D eigenvalue weighted by molar-refractivity contribution is 7.53. The van der Waals surface area contributed by atoms with Gasteiger partial charge in [0.1, 0.15) is 36.0 Å². The maximum atomic E-state index is 13.1. The summed E-state index contributed by atoms with van der Waals surface area (Å²) < 4.78 is 31.6. The molecule has 0 saturated heterocycles. The van der Waals surface area contributed by atoms with Crippen molar-refractivity contribution in [1.29, 1.82) is 0 Å². The molecule has 2 heterocycles.